The molecule has 6 heteroatoms. The molecule has 3 rings (SSSR count). The lowest BCUT2D eigenvalue weighted by molar-refractivity contribution is 0.0950. The van der Waals surface area contributed by atoms with Gasteiger partial charge in [0.15, 0.2) is 0 Å². The summed E-state index contributed by atoms with van der Waals surface area (Å²) < 4.78 is 0. The Morgan fingerprint density at radius 1 is 1.08 bits per heavy atom. The third-order valence-electron chi connectivity index (χ3n) is 3.99. The number of aromatic nitrogens is 3. The van der Waals surface area contributed by atoms with Gasteiger partial charge in [-0.3, -0.25) is 4.79 Å². The zero-order valence-electron chi connectivity index (χ0n) is 13.8. The van der Waals surface area contributed by atoms with Gasteiger partial charge in [0.2, 0.25) is 0 Å². The smallest absolute Gasteiger partial charge is 0.251 e. The van der Waals surface area contributed by atoms with E-state index < -0.39 is 0 Å². The van der Waals surface area contributed by atoms with E-state index in [-0.39, 0.29) is 11.9 Å². The molecule has 0 saturated carbocycles. The lowest BCUT2D eigenvalue weighted by Crippen LogP contribution is -2.39. The fraction of sp³-hybridized carbons (Fsp3) is 0.278. The lowest BCUT2D eigenvalue weighted by atomic mass is 10.0. The third kappa shape index (κ3) is 3.71. The van der Waals surface area contributed by atoms with Crippen molar-refractivity contribution in [2.75, 3.05) is 11.9 Å². The molecule has 0 radical (unpaired) electrons. The fourth-order valence-corrected chi connectivity index (χ4v) is 2.49. The van der Waals surface area contributed by atoms with Crippen molar-refractivity contribution < 1.29 is 4.79 Å². The normalized spacial score (nSPS) is 12.3. The number of carbonyl (C=O) groups is 1. The molecule has 1 heterocycles. The van der Waals surface area contributed by atoms with Gasteiger partial charge >= 0.3 is 0 Å². The van der Waals surface area contributed by atoms with Crippen LogP contribution in [0.25, 0.3) is 11.0 Å². The number of aromatic amines is 1. The van der Waals surface area contributed by atoms with Crippen LogP contribution in [-0.4, -0.2) is 33.9 Å². The first-order valence-electron chi connectivity index (χ1n) is 8.04. The Labute approximate surface area is 140 Å². The minimum Gasteiger partial charge on any atom is -0.380 e. The van der Waals surface area contributed by atoms with Gasteiger partial charge in [-0.15, -0.1) is 0 Å². The SMILES string of the molecule is CC(C)C(CNC(=O)c1ccc2n[nH]nc2c1)Nc1ccccc1. The largest absolute Gasteiger partial charge is 0.380 e. The highest BCUT2D eigenvalue weighted by Gasteiger charge is 2.15. The second-order valence-corrected chi connectivity index (χ2v) is 6.10. The average molecular weight is 323 g/mol. The van der Waals surface area contributed by atoms with Gasteiger partial charge in [-0.2, -0.15) is 15.4 Å². The molecule has 1 aromatic heterocycles. The molecule has 1 atom stereocenters. The van der Waals surface area contributed by atoms with Crippen molar-refractivity contribution in [2.24, 2.45) is 5.92 Å². The summed E-state index contributed by atoms with van der Waals surface area (Å²) in [6.45, 7) is 4.81. The Bertz CT molecular complexity index is 812. The predicted octanol–water partition coefficient (Wildman–Crippen LogP) is 2.82. The van der Waals surface area contributed by atoms with E-state index in [9.17, 15) is 4.79 Å². The molecule has 1 amide bonds. The van der Waals surface area contributed by atoms with Crippen LogP contribution in [0.15, 0.2) is 48.5 Å². The van der Waals surface area contributed by atoms with E-state index in [1.807, 2.05) is 30.3 Å². The topological polar surface area (TPSA) is 82.7 Å². The van der Waals surface area contributed by atoms with Crippen molar-refractivity contribution in [2.45, 2.75) is 19.9 Å². The first-order valence-corrected chi connectivity index (χ1v) is 8.04. The number of H-pyrrole nitrogens is 1. The summed E-state index contributed by atoms with van der Waals surface area (Å²) in [6, 6.07) is 15.4. The molecule has 124 valence electrons. The van der Waals surface area contributed by atoms with Gasteiger partial charge < -0.3 is 10.6 Å². The fourth-order valence-electron chi connectivity index (χ4n) is 2.49. The summed E-state index contributed by atoms with van der Waals surface area (Å²) in [5, 5.41) is 17.0. The molecule has 1 unspecified atom stereocenters. The number of hydrogen-bond acceptors (Lipinski definition) is 4. The van der Waals surface area contributed by atoms with Crippen molar-refractivity contribution in [3.05, 3.63) is 54.1 Å². The quantitative estimate of drug-likeness (QED) is 0.651. The number of amides is 1. The van der Waals surface area contributed by atoms with Gasteiger partial charge in [-0.1, -0.05) is 32.0 Å². The highest BCUT2D eigenvalue weighted by Crippen LogP contribution is 2.13. The van der Waals surface area contributed by atoms with Gasteiger partial charge in [0.05, 0.1) is 0 Å². The number of hydrogen-bond donors (Lipinski definition) is 3. The maximum atomic E-state index is 12.4. The van der Waals surface area contributed by atoms with Crippen LogP contribution >= 0.6 is 0 Å². The zero-order valence-corrected chi connectivity index (χ0v) is 13.8. The highest BCUT2D eigenvalue weighted by molar-refractivity contribution is 5.97. The Morgan fingerprint density at radius 2 is 1.83 bits per heavy atom. The zero-order chi connectivity index (χ0) is 16.9. The van der Waals surface area contributed by atoms with E-state index in [1.165, 1.54) is 0 Å². The summed E-state index contributed by atoms with van der Waals surface area (Å²) in [6.07, 6.45) is 0. The van der Waals surface area contributed by atoms with Crippen LogP contribution < -0.4 is 10.6 Å². The average Bonchev–Trinajstić information content (AvgIpc) is 3.06. The van der Waals surface area contributed by atoms with E-state index in [0.717, 1.165) is 11.2 Å². The second kappa shape index (κ2) is 7.12. The van der Waals surface area contributed by atoms with Crippen LogP contribution in [0.3, 0.4) is 0 Å². The number of carbonyl (C=O) groups excluding carboxylic acids is 1. The van der Waals surface area contributed by atoms with E-state index in [4.69, 9.17) is 0 Å². The molecule has 0 spiro atoms. The predicted molar refractivity (Wildman–Crippen MR) is 94.9 cm³/mol. The molecule has 0 saturated heterocycles. The molecule has 0 aliphatic carbocycles. The van der Waals surface area contributed by atoms with Crippen molar-refractivity contribution in [3.63, 3.8) is 0 Å². The minimum atomic E-state index is -0.111. The maximum Gasteiger partial charge on any atom is 0.251 e. The first kappa shape index (κ1) is 16.0. The molecular formula is C18H21N5O. The monoisotopic (exact) mass is 323 g/mol. The van der Waals surface area contributed by atoms with Gasteiger partial charge in [0.25, 0.3) is 5.91 Å². The molecule has 0 fully saturated rings. The van der Waals surface area contributed by atoms with Crippen LogP contribution in [0.4, 0.5) is 5.69 Å². The Hall–Kier alpha value is -2.89. The molecule has 0 bridgehead atoms. The molecule has 2 aromatic carbocycles. The summed E-state index contributed by atoms with van der Waals surface area (Å²) in [7, 11) is 0. The molecule has 0 aliphatic rings. The minimum absolute atomic E-state index is 0.111. The van der Waals surface area contributed by atoms with Crippen LogP contribution in [0.5, 0.6) is 0 Å². The van der Waals surface area contributed by atoms with Crippen molar-refractivity contribution in [3.8, 4) is 0 Å². The highest BCUT2D eigenvalue weighted by atomic mass is 16.1. The molecule has 6 nitrogen and oxygen atoms in total. The molecule has 3 aromatic rings. The Kier molecular flexibility index (Phi) is 4.74. The summed E-state index contributed by atoms with van der Waals surface area (Å²) >= 11 is 0. The molecule has 24 heavy (non-hydrogen) atoms. The number of rotatable bonds is 6. The summed E-state index contributed by atoms with van der Waals surface area (Å²) in [4.78, 5) is 12.4. The number of nitrogens with zero attached hydrogens (tertiary/aromatic N) is 2. The third-order valence-corrected chi connectivity index (χ3v) is 3.99. The Balaban J connectivity index is 1.64. The molecular weight excluding hydrogens is 302 g/mol. The van der Waals surface area contributed by atoms with Gasteiger partial charge in [-0.25, -0.2) is 0 Å². The van der Waals surface area contributed by atoms with Gasteiger partial charge in [0.1, 0.15) is 11.0 Å². The van der Waals surface area contributed by atoms with Crippen LogP contribution in [-0.2, 0) is 0 Å². The van der Waals surface area contributed by atoms with E-state index in [1.54, 1.807) is 18.2 Å². The number of anilines is 1. The molecule has 0 aliphatic heterocycles. The van der Waals surface area contributed by atoms with Crippen molar-refractivity contribution in [1.82, 2.24) is 20.7 Å². The summed E-state index contributed by atoms with van der Waals surface area (Å²) in [5.41, 5.74) is 3.07. The maximum absolute atomic E-state index is 12.4. The van der Waals surface area contributed by atoms with E-state index in [0.29, 0.717) is 23.5 Å². The standard InChI is InChI=1S/C18H21N5O/c1-12(2)17(20-14-6-4-3-5-7-14)11-19-18(24)13-8-9-15-16(10-13)22-23-21-15/h3-10,12,17,20H,11H2,1-2H3,(H,19,24)(H,21,22,23). The van der Waals surface area contributed by atoms with Gasteiger partial charge in [-0.05, 0) is 36.2 Å². The van der Waals surface area contributed by atoms with Gasteiger partial charge in [0, 0.05) is 23.8 Å². The second-order valence-electron chi connectivity index (χ2n) is 6.10. The van der Waals surface area contributed by atoms with Crippen LogP contribution in [0.2, 0.25) is 0 Å². The van der Waals surface area contributed by atoms with E-state index >= 15 is 0 Å². The number of nitrogens with one attached hydrogen (secondary N) is 3. The lowest BCUT2D eigenvalue weighted by Gasteiger charge is -2.24. The Morgan fingerprint density at radius 3 is 2.58 bits per heavy atom. The van der Waals surface area contributed by atoms with Crippen molar-refractivity contribution >= 4 is 22.6 Å². The van der Waals surface area contributed by atoms with Crippen LogP contribution in [0, 0.1) is 5.92 Å². The number of fused-ring (bicyclic) bond motifs is 1. The summed E-state index contributed by atoms with van der Waals surface area (Å²) in [5.74, 6) is 0.268. The first-order chi connectivity index (χ1) is 11.6. The number of benzene rings is 2. The van der Waals surface area contributed by atoms with Crippen molar-refractivity contribution in [1.29, 1.82) is 0 Å². The van der Waals surface area contributed by atoms with Crippen LogP contribution in [0.1, 0.15) is 24.2 Å². The number of para-hydroxylation sites is 1. The molecule has 3 N–H and O–H groups in total. The van der Waals surface area contributed by atoms with E-state index in [2.05, 4.69) is 39.9 Å².